The molecule has 0 aliphatic heterocycles. The molecule has 0 bridgehead atoms. The molecule has 0 atom stereocenters. The number of methoxy groups -OCH3 is 1. The van der Waals surface area contributed by atoms with Crippen molar-refractivity contribution in [1.29, 1.82) is 0 Å². The first-order valence-corrected chi connectivity index (χ1v) is 8.41. The largest absolute Gasteiger partial charge is 0.465 e. The first-order chi connectivity index (χ1) is 13.1. The van der Waals surface area contributed by atoms with Gasteiger partial charge in [0.25, 0.3) is 0 Å². The molecule has 7 heteroatoms. The SMILES string of the molecule is COC(=O)c1ccc(Nc2ccnc(NCCc3ccc(F)cc3)n2)cc1. The topological polar surface area (TPSA) is 76.1 Å². The summed E-state index contributed by atoms with van der Waals surface area (Å²) >= 11 is 0. The lowest BCUT2D eigenvalue weighted by Crippen LogP contribution is -2.08. The van der Waals surface area contributed by atoms with Crippen LogP contribution in [0.3, 0.4) is 0 Å². The first kappa shape index (κ1) is 18.3. The Morgan fingerprint density at radius 2 is 1.81 bits per heavy atom. The molecule has 2 N–H and O–H groups in total. The van der Waals surface area contributed by atoms with Gasteiger partial charge in [-0.05, 0) is 54.4 Å². The van der Waals surface area contributed by atoms with Crippen molar-refractivity contribution in [1.82, 2.24) is 9.97 Å². The molecule has 0 saturated heterocycles. The van der Waals surface area contributed by atoms with E-state index in [1.165, 1.54) is 19.2 Å². The summed E-state index contributed by atoms with van der Waals surface area (Å²) in [6.07, 6.45) is 2.38. The molecule has 0 spiro atoms. The molecule has 0 unspecified atom stereocenters. The third-order valence-electron chi connectivity index (χ3n) is 3.84. The van der Waals surface area contributed by atoms with Crippen molar-refractivity contribution in [2.24, 2.45) is 0 Å². The second-order valence-corrected chi connectivity index (χ2v) is 5.76. The minimum absolute atomic E-state index is 0.242. The molecule has 0 radical (unpaired) electrons. The lowest BCUT2D eigenvalue weighted by Gasteiger charge is -2.09. The summed E-state index contributed by atoms with van der Waals surface area (Å²) in [6.45, 7) is 0.628. The Balaban J connectivity index is 1.56. The molecule has 0 saturated carbocycles. The van der Waals surface area contributed by atoms with Gasteiger partial charge in [0.2, 0.25) is 5.95 Å². The van der Waals surface area contributed by atoms with Crippen molar-refractivity contribution >= 4 is 23.4 Å². The highest BCUT2D eigenvalue weighted by Crippen LogP contribution is 2.16. The highest BCUT2D eigenvalue weighted by atomic mass is 19.1. The van der Waals surface area contributed by atoms with Gasteiger partial charge < -0.3 is 15.4 Å². The number of rotatable bonds is 7. The van der Waals surface area contributed by atoms with Gasteiger partial charge >= 0.3 is 5.97 Å². The van der Waals surface area contributed by atoms with Crippen molar-refractivity contribution in [3.63, 3.8) is 0 Å². The molecule has 6 nitrogen and oxygen atoms in total. The molecule has 2 aromatic carbocycles. The van der Waals surface area contributed by atoms with Gasteiger partial charge in [-0.15, -0.1) is 0 Å². The van der Waals surface area contributed by atoms with Gasteiger partial charge in [0, 0.05) is 18.4 Å². The fourth-order valence-corrected chi connectivity index (χ4v) is 2.44. The molecule has 3 rings (SSSR count). The maximum atomic E-state index is 12.9. The van der Waals surface area contributed by atoms with Crippen LogP contribution in [0.15, 0.2) is 60.8 Å². The standard InChI is InChI=1S/C20H19FN4O2/c1-27-19(26)15-4-8-17(9-5-15)24-18-11-13-23-20(25-18)22-12-10-14-2-6-16(21)7-3-14/h2-9,11,13H,10,12H2,1H3,(H2,22,23,24,25). The number of nitrogens with one attached hydrogen (secondary N) is 2. The van der Waals surface area contributed by atoms with E-state index < -0.39 is 0 Å². The smallest absolute Gasteiger partial charge is 0.337 e. The lowest BCUT2D eigenvalue weighted by molar-refractivity contribution is 0.0601. The van der Waals surface area contributed by atoms with E-state index in [0.29, 0.717) is 23.9 Å². The monoisotopic (exact) mass is 366 g/mol. The van der Waals surface area contributed by atoms with Crippen LogP contribution in [0.2, 0.25) is 0 Å². The van der Waals surface area contributed by atoms with Gasteiger partial charge in [-0.1, -0.05) is 12.1 Å². The van der Waals surface area contributed by atoms with Gasteiger partial charge in [0.05, 0.1) is 12.7 Å². The number of hydrogen-bond donors (Lipinski definition) is 2. The molecule has 0 fully saturated rings. The van der Waals surface area contributed by atoms with E-state index in [4.69, 9.17) is 0 Å². The third-order valence-corrected chi connectivity index (χ3v) is 3.84. The zero-order valence-electron chi connectivity index (χ0n) is 14.8. The summed E-state index contributed by atoms with van der Waals surface area (Å²) in [5.74, 6) is 0.498. The number of hydrogen-bond acceptors (Lipinski definition) is 6. The first-order valence-electron chi connectivity index (χ1n) is 8.41. The second-order valence-electron chi connectivity index (χ2n) is 5.76. The normalized spacial score (nSPS) is 10.3. The summed E-state index contributed by atoms with van der Waals surface area (Å²) in [6, 6.07) is 15.1. The highest BCUT2D eigenvalue weighted by Gasteiger charge is 2.05. The van der Waals surface area contributed by atoms with Crippen LogP contribution in [-0.4, -0.2) is 29.6 Å². The quantitative estimate of drug-likeness (QED) is 0.620. The second kappa shape index (κ2) is 8.75. The number of benzene rings is 2. The summed E-state index contributed by atoms with van der Waals surface area (Å²) in [5.41, 5.74) is 2.30. The van der Waals surface area contributed by atoms with E-state index >= 15 is 0 Å². The summed E-state index contributed by atoms with van der Waals surface area (Å²) in [5, 5.41) is 6.31. The van der Waals surface area contributed by atoms with E-state index in [0.717, 1.165) is 17.7 Å². The molecular weight excluding hydrogens is 347 g/mol. The van der Waals surface area contributed by atoms with Crippen LogP contribution in [0.1, 0.15) is 15.9 Å². The molecule has 1 aromatic heterocycles. The number of esters is 1. The molecular formula is C20H19FN4O2. The molecule has 0 aliphatic rings. The Kier molecular flexibility index (Phi) is 5.94. The average Bonchev–Trinajstić information content (AvgIpc) is 2.70. The van der Waals surface area contributed by atoms with Crippen molar-refractivity contribution in [2.45, 2.75) is 6.42 Å². The maximum Gasteiger partial charge on any atom is 0.337 e. The number of ether oxygens (including phenoxy) is 1. The van der Waals surface area contributed by atoms with Crippen LogP contribution in [-0.2, 0) is 11.2 Å². The van der Waals surface area contributed by atoms with Gasteiger partial charge in [0.15, 0.2) is 0 Å². The summed E-state index contributed by atoms with van der Waals surface area (Å²) in [7, 11) is 1.35. The molecule has 138 valence electrons. The Morgan fingerprint density at radius 1 is 1.07 bits per heavy atom. The van der Waals surface area contributed by atoms with Crippen LogP contribution in [0.4, 0.5) is 21.8 Å². The van der Waals surface area contributed by atoms with Gasteiger partial charge in [0.1, 0.15) is 11.6 Å². The number of carbonyl (C=O) groups is 1. The van der Waals surface area contributed by atoms with Gasteiger partial charge in [-0.3, -0.25) is 0 Å². The van der Waals surface area contributed by atoms with E-state index in [1.54, 1.807) is 48.7 Å². The highest BCUT2D eigenvalue weighted by molar-refractivity contribution is 5.89. The van der Waals surface area contributed by atoms with Crippen LogP contribution >= 0.6 is 0 Å². The molecule has 0 amide bonds. The number of aromatic nitrogens is 2. The maximum absolute atomic E-state index is 12.9. The predicted octanol–water partition coefficient (Wildman–Crippen LogP) is 3.80. The molecule has 1 heterocycles. The van der Waals surface area contributed by atoms with Crippen LogP contribution < -0.4 is 10.6 Å². The zero-order chi connectivity index (χ0) is 19.1. The minimum Gasteiger partial charge on any atom is -0.465 e. The number of carbonyl (C=O) groups excluding carboxylic acids is 1. The Morgan fingerprint density at radius 3 is 2.52 bits per heavy atom. The molecule has 27 heavy (non-hydrogen) atoms. The van der Waals surface area contributed by atoms with E-state index in [1.807, 2.05) is 0 Å². The van der Waals surface area contributed by atoms with E-state index in [-0.39, 0.29) is 11.8 Å². The van der Waals surface area contributed by atoms with Crippen molar-refractivity contribution < 1.29 is 13.9 Å². The Bertz CT molecular complexity index is 899. The Hall–Kier alpha value is -3.48. The average molecular weight is 366 g/mol. The van der Waals surface area contributed by atoms with E-state index in [9.17, 15) is 9.18 Å². The minimum atomic E-state index is -0.378. The van der Waals surface area contributed by atoms with Crippen LogP contribution in [0.5, 0.6) is 0 Å². The van der Waals surface area contributed by atoms with Crippen molar-refractivity contribution in [3.05, 3.63) is 77.7 Å². The Labute approximate surface area is 156 Å². The number of halogens is 1. The fourth-order valence-electron chi connectivity index (χ4n) is 2.44. The zero-order valence-corrected chi connectivity index (χ0v) is 14.8. The lowest BCUT2D eigenvalue weighted by atomic mass is 10.1. The van der Waals surface area contributed by atoms with Gasteiger partial charge in [-0.25, -0.2) is 14.2 Å². The number of anilines is 3. The molecule has 0 aliphatic carbocycles. The third kappa shape index (κ3) is 5.24. The van der Waals surface area contributed by atoms with E-state index in [2.05, 4.69) is 25.3 Å². The summed E-state index contributed by atoms with van der Waals surface area (Å²) in [4.78, 5) is 20.1. The fraction of sp³-hybridized carbons (Fsp3) is 0.150. The van der Waals surface area contributed by atoms with Crippen LogP contribution in [0, 0.1) is 5.82 Å². The van der Waals surface area contributed by atoms with Crippen molar-refractivity contribution in [3.8, 4) is 0 Å². The molecule has 3 aromatic rings. The summed E-state index contributed by atoms with van der Waals surface area (Å²) < 4.78 is 17.6. The number of nitrogens with zero attached hydrogens (tertiary/aromatic N) is 2. The van der Waals surface area contributed by atoms with Gasteiger partial charge in [-0.2, -0.15) is 4.98 Å². The predicted molar refractivity (Wildman–Crippen MR) is 102 cm³/mol. The van der Waals surface area contributed by atoms with Crippen LogP contribution in [0.25, 0.3) is 0 Å². The van der Waals surface area contributed by atoms with Crippen molar-refractivity contribution in [2.75, 3.05) is 24.3 Å².